The van der Waals surface area contributed by atoms with E-state index in [-0.39, 0.29) is 24.4 Å². The highest BCUT2D eigenvalue weighted by molar-refractivity contribution is 5.73. The van der Waals surface area contributed by atoms with Crippen LogP contribution in [0.3, 0.4) is 0 Å². The molecule has 1 aromatic rings. The van der Waals surface area contributed by atoms with E-state index in [0.717, 1.165) is 25.0 Å². The largest absolute Gasteiger partial charge is 0.493 e. The van der Waals surface area contributed by atoms with Gasteiger partial charge in [0, 0.05) is 0 Å². The molecule has 1 aliphatic carbocycles. The number of alkyl halides is 3. The van der Waals surface area contributed by atoms with Crippen LogP contribution in [-0.4, -0.2) is 19.7 Å². The summed E-state index contributed by atoms with van der Waals surface area (Å²) in [6, 6.07) is 4.42. The molecule has 1 saturated carbocycles. The Hall–Kier alpha value is -1.72. The van der Waals surface area contributed by atoms with Crippen molar-refractivity contribution in [2.75, 3.05) is 13.7 Å². The normalized spacial score (nSPS) is 16.6. The monoisotopic (exact) mass is 288 g/mol. The topological polar surface area (TPSA) is 35.5 Å². The van der Waals surface area contributed by atoms with Gasteiger partial charge in [-0.1, -0.05) is 0 Å². The van der Waals surface area contributed by atoms with Gasteiger partial charge in [-0.2, -0.15) is 13.2 Å². The summed E-state index contributed by atoms with van der Waals surface area (Å²) in [5.74, 6) is -0.105. The lowest BCUT2D eigenvalue weighted by atomic mass is 10.1. The van der Waals surface area contributed by atoms with Crippen LogP contribution in [0.4, 0.5) is 13.2 Å². The minimum atomic E-state index is -4.36. The van der Waals surface area contributed by atoms with Crippen molar-refractivity contribution >= 4 is 5.97 Å². The van der Waals surface area contributed by atoms with Crippen LogP contribution >= 0.6 is 0 Å². The molecule has 0 aliphatic heterocycles. The fourth-order valence-electron chi connectivity index (χ4n) is 1.97. The fourth-order valence-corrected chi connectivity index (χ4v) is 1.97. The third-order valence-corrected chi connectivity index (χ3v) is 3.31. The van der Waals surface area contributed by atoms with Crippen molar-refractivity contribution in [1.29, 1.82) is 0 Å². The summed E-state index contributed by atoms with van der Waals surface area (Å²) in [6.45, 7) is 0.128. The molecule has 0 aromatic heterocycles. The molecule has 0 saturated heterocycles. The molecule has 1 aliphatic rings. The van der Waals surface area contributed by atoms with E-state index >= 15 is 0 Å². The van der Waals surface area contributed by atoms with Crippen molar-refractivity contribution in [3.05, 3.63) is 29.8 Å². The maximum absolute atomic E-state index is 12.4. The van der Waals surface area contributed by atoms with E-state index in [1.165, 1.54) is 19.2 Å². The summed E-state index contributed by atoms with van der Waals surface area (Å²) in [5.41, 5.74) is -0.725. The van der Waals surface area contributed by atoms with Gasteiger partial charge in [-0.25, -0.2) is 0 Å². The Morgan fingerprint density at radius 3 is 2.35 bits per heavy atom. The summed E-state index contributed by atoms with van der Waals surface area (Å²) < 4.78 is 47.3. The highest BCUT2D eigenvalue weighted by Gasteiger charge is 2.37. The molecule has 0 radical (unpaired) electrons. The number of methoxy groups -OCH3 is 1. The predicted molar refractivity (Wildman–Crippen MR) is 65.2 cm³/mol. The van der Waals surface area contributed by atoms with Crippen molar-refractivity contribution in [2.45, 2.75) is 19.0 Å². The van der Waals surface area contributed by atoms with Gasteiger partial charge in [-0.15, -0.1) is 0 Å². The van der Waals surface area contributed by atoms with E-state index in [2.05, 4.69) is 0 Å². The first-order chi connectivity index (χ1) is 9.41. The molecule has 2 rings (SSSR count). The first kappa shape index (κ1) is 14.7. The van der Waals surface area contributed by atoms with E-state index in [0.29, 0.717) is 5.75 Å². The van der Waals surface area contributed by atoms with E-state index < -0.39 is 11.7 Å². The Balaban J connectivity index is 1.94. The van der Waals surface area contributed by atoms with E-state index in [1.54, 1.807) is 0 Å². The number of halogens is 3. The summed E-state index contributed by atoms with van der Waals surface area (Å²) in [7, 11) is 1.32. The number of carbonyl (C=O) groups excluding carboxylic acids is 1. The van der Waals surface area contributed by atoms with E-state index in [1.807, 2.05) is 0 Å². The van der Waals surface area contributed by atoms with Gasteiger partial charge < -0.3 is 9.47 Å². The second kappa shape index (κ2) is 5.73. The van der Waals surface area contributed by atoms with Crippen molar-refractivity contribution in [1.82, 2.24) is 0 Å². The van der Waals surface area contributed by atoms with Crippen molar-refractivity contribution in [3.63, 3.8) is 0 Å². The smallest absolute Gasteiger partial charge is 0.416 e. The molecule has 0 spiro atoms. The van der Waals surface area contributed by atoms with E-state index in [9.17, 15) is 18.0 Å². The van der Waals surface area contributed by atoms with Crippen LogP contribution in [0.1, 0.15) is 18.4 Å². The maximum Gasteiger partial charge on any atom is 0.416 e. The molecule has 0 heterocycles. The van der Waals surface area contributed by atoms with Crippen molar-refractivity contribution in [3.8, 4) is 5.75 Å². The zero-order valence-corrected chi connectivity index (χ0v) is 10.9. The molecule has 1 unspecified atom stereocenters. The van der Waals surface area contributed by atoms with Gasteiger partial charge in [0.25, 0.3) is 0 Å². The SMILES string of the molecule is COC(=O)C(COc1ccc(C(F)(F)F)cc1)C1CC1. The van der Waals surface area contributed by atoms with Crippen LogP contribution < -0.4 is 4.74 Å². The van der Waals surface area contributed by atoms with Gasteiger partial charge in [-0.3, -0.25) is 4.79 Å². The summed E-state index contributed by atoms with van der Waals surface area (Å²) in [4.78, 5) is 11.5. The number of carbonyl (C=O) groups is 1. The predicted octanol–water partition coefficient (Wildman–Crippen LogP) is 3.28. The summed E-state index contributed by atoms with van der Waals surface area (Å²) in [5, 5.41) is 0. The second-order valence-electron chi connectivity index (χ2n) is 4.80. The third-order valence-electron chi connectivity index (χ3n) is 3.31. The number of hydrogen-bond donors (Lipinski definition) is 0. The Morgan fingerprint density at radius 2 is 1.90 bits per heavy atom. The third kappa shape index (κ3) is 3.65. The minimum absolute atomic E-state index is 0.128. The maximum atomic E-state index is 12.4. The average molecular weight is 288 g/mol. The Morgan fingerprint density at radius 1 is 1.30 bits per heavy atom. The zero-order valence-electron chi connectivity index (χ0n) is 10.9. The number of benzene rings is 1. The fraction of sp³-hybridized carbons (Fsp3) is 0.500. The Bertz CT molecular complexity index is 464. The zero-order chi connectivity index (χ0) is 14.8. The first-order valence-electron chi connectivity index (χ1n) is 6.29. The quantitative estimate of drug-likeness (QED) is 0.780. The van der Waals surface area contributed by atoms with Gasteiger partial charge in [-0.05, 0) is 43.0 Å². The molecule has 1 aromatic carbocycles. The van der Waals surface area contributed by atoms with Gasteiger partial charge in [0.15, 0.2) is 0 Å². The molecule has 0 N–H and O–H groups in total. The van der Waals surface area contributed by atoms with Crippen LogP contribution in [-0.2, 0) is 15.7 Å². The molecule has 20 heavy (non-hydrogen) atoms. The molecule has 3 nitrogen and oxygen atoms in total. The van der Waals surface area contributed by atoms with Crippen LogP contribution in [0.15, 0.2) is 24.3 Å². The van der Waals surface area contributed by atoms with Gasteiger partial charge in [0.05, 0.1) is 18.6 Å². The molecule has 1 atom stereocenters. The van der Waals surface area contributed by atoms with Crippen LogP contribution in [0.25, 0.3) is 0 Å². The van der Waals surface area contributed by atoms with Crippen LogP contribution in [0, 0.1) is 11.8 Å². The molecule has 0 amide bonds. The highest BCUT2D eigenvalue weighted by Crippen LogP contribution is 2.38. The molecular weight excluding hydrogens is 273 g/mol. The lowest BCUT2D eigenvalue weighted by molar-refractivity contribution is -0.147. The van der Waals surface area contributed by atoms with Crippen LogP contribution in [0.5, 0.6) is 5.75 Å². The second-order valence-corrected chi connectivity index (χ2v) is 4.80. The lowest BCUT2D eigenvalue weighted by Crippen LogP contribution is -2.25. The highest BCUT2D eigenvalue weighted by atomic mass is 19.4. The number of esters is 1. The minimum Gasteiger partial charge on any atom is -0.493 e. The van der Waals surface area contributed by atoms with E-state index in [4.69, 9.17) is 9.47 Å². The molecule has 0 bridgehead atoms. The Labute approximate surface area is 114 Å². The van der Waals surface area contributed by atoms with Gasteiger partial charge >= 0.3 is 12.1 Å². The molecule has 1 fully saturated rings. The molecule has 110 valence electrons. The Kier molecular flexibility index (Phi) is 4.20. The number of rotatable bonds is 5. The molecule has 6 heteroatoms. The lowest BCUT2D eigenvalue weighted by Gasteiger charge is -2.15. The van der Waals surface area contributed by atoms with Crippen LogP contribution in [0.2, 0.25) is 0 Å². The average Bonchev–Trinajstić information content (AvgIpc) is 3.22. The van der Waals surface area contributed by atoms with Gasteiger partial charge in [0.2, 0.25) is 0 Å². The molecular formula is C14H15F3O3. The summed E-state index contributed by atoms with van der Waals surface area (Å²) >= 11 is 0. The van der Waals surface area contributed by atoms with Crippen molar-refractivity contribution < 1.29 is 27.4 Å². The van der Waals surface area contributed by atoms with Gasteiger partial charge in [0.1, 0.15) is 12.4 Å². The summed E-state index contributed by atoms with van der Waals surface area (Å²) in [6.07, 6.45) is -2.45. The number of ether oxygens (including phenoxy) is 2. The standard InChI is InChI=1S/C14H15F3O3/c1-19-13(18)12(9-2-3-9)8-20-11-6-4-10(5-7-11)14(15,16)17/h4-7,9,12H,2-3,8H2,1H3. The van der Waals surface area contributed by atoms with Crippen molar-refractivity contribution in [2.24, 2.45) is 11.8 Å². The first-order valence-corrected chi connectivity index (χ1v) is 6.29. The number of hydrogen-bond acceptors (Lipinski definition) is 3.